The molecule has 0 radical (unpaired) electrons. The normalized spacial score (nSPS) is 15.9. The molecule has 3 atom stereocenters. The second-order valence-corrected chi connectivity index (χ2v) is 12.8. The molecule has 1 heterocycles. The van der Waals surface area contributed by atoms with Gasteiger partial charge in [0.1, 0.15) is 12.6 Å². The Balaban J connectivity index is 0.000000945. The van der Waals surface area contributed by atoms with Crippen LogP contribution in [0, 0.1) is 18.8 Å². The molecule has 3 N–H and O–H groups in total. The van der Waals surface area contributed by atoms with Gasteiger partial charge in [0.05, 0.1) is 17.3 Å². The van der Waals surface area contributed by atoms with Crippen LogP contribution in [0.25, 0.3) is 5.57 Å². The van der Waals surface area contributed by atoms with Crippen LogP contribution in [0.5, 0.6) is 0 Å². The third-order valence-electron chi connectivity index (χ3n) is 8.86. The van der Waals surface area contributed by atoms with E-state index in [1.165, 1.54) is 6.42 Å². The van der Waals surface area contributed by atoms with Crippen molar-refractivity contribution >= 4 is 23.4 Å². The molecule has 0 saturated carbocycles. The third-order valence-corrected chi connectivity index (χ3v) is 8.86. The summed E-state index contributed by atoms with van der Waals surface area (Å²) in [6.07, 6.45) is 13.1. The minimum atomic E-state index is -0.545. The number of rotatable bonds is 17. The molecule has 50 heavy (non-hydrogen) atoms. The van der Waals surface area contributed by atoms with E-state index in [4.69, 9.17) is 15.2 Å². The first-order chi connectivity index (χ1) is 23.8. The van der Waals surface area contributed by atoms with E-state index in [0.29, 0.717) is 23.7 Å². The summed E-state index contributed by atoms with van der Waals surface area (Å²) in [7, 11) is 0. The smallest absolute Gasteiger partial charge is 0.323 e. The Kier molecular flexibility index (Phi) is 23.6. The van der Waals surface area contributed by atoms with Gasteiger partial charge in [-0.25, -0.2) is 0 Å². The standard InChI is InChI=1S/C24H27NO2.C17H35NO3.C2H6/c1-7-15(5)17(8-2)18(9-3)21-22(24(27)25-23(21)26)19(10-4)20-14-12-11-13-16(20)6;1-6-8-9-15(20-11-10-14(5)7-2)12-21-17(19)16(18)13(3)4;1-2/h7-14H,1-6H3,(H,25,26,27);13-16H,6-12,18H2,1-5H3;1-2H3/b15-7-,17-8+,18-9+,19-10+;;. The van der Waals surface area contributed by atoms with Crippen molar-refractivity contribution in [1.29, 1.82) is 0 Å². The van der Waals surface area contributed by atoms with Gasteiger partial charge in [0.15, 0.2) is 0 Å². The maximum atomic E-state index is 12.8. The van der Waals surface area contributed by atoms with Crippen LogP contribution >= 0.6 is 0 Å². The molecule has 1 aliphatic rings. The lowest BCUT2D eigenvalue weighted by Gasteiger charge is -2.21. The summed E-state index contributed by atoms with van der Waals surface area (Å²) in [5.41, 5.74) is 12.2. The molecule has 0 saturated heterocycles. The fraction of sp³-hybridized carbons (Fsp3) is 0.558. The number of imide groups is 1. The highest BCUT2D eigenvalue weighted by Crippen LogP contribution is 2.37. The van der Waals surface area contributed by atoms with Crippen molar-refractivity contribution in [2.24, 2.45) is 17.6 Å². The number of allylic oxidation sites excluding steroid dienone is 6. The first-order valence-electron chi connectivity index (χ1n) is 18.7. The summed E-state index contributed by atoms with van der Waals surface area (Å²) < 4.78 is 11.2. The summed E-state index contributed by atoms with van der Waals surface area (Å²) in [5.74, 6) is -0.248. The minimum Gasteiger partial charge on any atom is -0.462 e. The van der Waals surface area contributed by atoms with Crippen LogP contribution in [-0.2, 0) is 23.9 Å². The number of ether oxygens (including phenoxy) is 2. The molecule has 7 heteroatoms. The number of unbranched alkanes of at least 4 members (excludes halogenated alkanes) is 1. The molecule has 7 nitrogen and oxygen atoms in total. The number of aryl methyl sites for hydroxylation is 1. The molecule has 1 aromatic rings. The fourth-order valence-corrected chi connectivity index (χ4v) is 5.29. The minimum absolute atomic E-state index is 0.00248. The van der Waals surface area contributed by atoms with E-state index in [9.17, 15) is 14.4 Å². The molecule has 0 fully saturated rings. The van der Waals surface area contributed by atoms with Crippen molar-refractivity contribution < 1.29 is 23.9 Å². The molecule has 0 spiro atoms. The van der Waals surface area contributed by atoms with Crippen molar-refractivity contribution in [3.8, 4) is 0 Å². The average Bonchev–Trinajstić information content (AvgIpc) is 3.41. The van der Waals surface area contributed by atoms with Crippen molar-refractivity contribution in [2.75, 3.05) is 13.2 Å². The first kappa shape index (κ1) is 46.5. The zero-order chi connectivity index (χ0) is 38.4. The van der Waals surface area contributed by atoms with Crippen LogP contribution in [0.1, 0.15) is 126 Å². The van der Waals surface area contributed by atoms with Crippen LogP contribution in [0.3, 0.4) is 0 Å². The van der Waals surface area contributed by atoms with E-state index in [1.807, 2.05) is 118 Å². The maximum absolute atomic E-state index is 12.8. The number of nitrogens with two attached hydrogens (primary N) is 1. The first-order valence-corrected chi connectivity index (χ1v) is 18.7. The third kappa shape index (κ3) is 14.4. The van der Waals surface area contributed by atoms with E-state index < -0.39 is 6.04 Å². The fourth-order valence-electron chi connectivity index (χ4n) is 5.29. The molecular formula is C43H68N2O5. The summed E-state index contributed by atoms with van der Waals surface area (Å²) in [4.78, 5) is 37.3. The van der Waals surface area contributed by atoms with Gasteiger partial charge in [0, 0.05) is 6.61 Å². The Labute approximate surface area is 304 Å². The maximum Gasteiger partial charge on any atom is 0.323 e. The lowest BCUT2D eigenvalue weighted by molar-refractivity contribution is -0.151. The van der Waals surface area contributed by atoms with E-state index >= 15 is 0 Å². The van der Waals surface area contributed by atoms with Gasteiger partial charge in [-0.1, -0.05) is 116 Å². The molecule has 280 valence electrons. The molecule has 3 unspecified atom stereocenters. The van der Waals surface area contributed by atoms with E-state index in [0.717, 1.165) is 65.7 Å². The highest BCUT2D eigenvalue weighted by atomic mass is 16.6. The Morgan fingerprint density at radius 2 is 1.52 bits per heavy atom. The molecule has 1 aliphatic heterocycles. The van der Waals surface area contributed by atoms with Gasteiger partial charge in [-0.15, -0.1) is 0 Å². The van der Waals surface area contributed by atoms with Crippen LogP contribution in [0.2, 0.25) is 0 Å². The van der Waals surface area contributed by atoms with Gasteiger partial charge in [-0.2, -0.15) is 0 Å². The lowest BCUT2D eigenvalue weighted by atomic mass is 9.85. The van der Waals surface area contributed by atoms with Crippen LogP contribution < -0.4 is 11.1 Å². The zero-order valence-corrected chi connectivity index (χ0v) is 33.5. The molecule has 0 bridgehead atoms. The highest BCUT2D eigenvalue weighted by molar-refractivity contribution is 6.28. The number of amides is 2. The second-order valence-electron chi connectivity index (χ2n) is 12.8. The van der Waals surface area contributed by atoms with Crippen molar-refractivity contribution in [3.05, 3.63) is 87.6 Å². The number of hydrogen-bond donors (Lipinski definition) is 2. The predicted molar refractivity (Wildman–Crippen MR) is 210 cm³/mol. The van der Waals surface area contributed by atoms with Gasteiger partial charge < -0.3 is 15.2 Å². The molecule has 0 aromatic heterocycles. The van der Waals surface area contributed by atoms with Gasteiger partial charge in [0.25, 0.3) is 11.8 Å². The molecule has 1 aromatic carbocycles. The van der Waals surface area contributed by atoms with Gasteiger partial charge in [-0.3, -0.25) is 19.7 Å². The van der Waals surface area contributed by atoms with Crippen molar-refractivity contribution in [3.63, 3.8) is 0 Å². The van der Waals surface area contributed by atoms with Crippen molar-refractivity contribution in [2.45, 2.75) is 134 Å². The van der Waals surface area contributed by atoms with E-state index in [2.05, 4.69) is 26.1 Å². The number of esters is 1. The molecule has 2 rings (SSSR count). The van der Waals surface area contributed by atoms with Crippen LogP contribution in [0.4, 0.5) is 0 Å². The lowest BCUT2D eigenvalue weighted by Crippen LogP contribution is -2.38. The van der Waals surface area contributed by atoms with Crippen LogP contribution in [-0.4, -0.2) is 43.1 Å². The topological polar surface area (TPSA) is 108 Å². The monoisotopic (exact) mass is 693 g/mol. The SMILES string of the molecule is CC.CCCCC(COC(=O)C(N)C(C)C)OCCC(C)CC.C\C=C(C)/C(=C\C)/C(=C\C)C1=C(/C(=C/C)c2ccccc2C)C(=O)NC1=O. The molecule has 0 aliphatic carbocycles. The van der Waals surface area contributed by atoms with Gasteiger partial charge >= 0.3 is 5.97 Å². The van der Waals surface area contributed by atoms with Crippen LogP contribution in [0.15, 0.2) is 76.4 Å². The molecular weight excluding hydrogens is 624 g/mol. The number of benzene rings is 1. The largest absolute Gasteiger partial charge is 0.462 e. The summed E-state index contributed by atoms with van der Waals surface area (Å²) in [6.45, 7) is 27.2. The Hall–Kier alpha value is -3.55. The summed E-state index contributed by atoms with van der Waals surface area (Å²) >= 11 is 0. The zero-order valence-electron chi connectivity index (χ0n) is 33.5. The quantitative estimate of drug-likeness (QED) is 0.0956. The van der Waals surface area contributed by atoms with Gasteiger partial charge in [0.2, 0.25) is 0 Å². The average molecular weight is 693 g/mol. The highest BCUT2D eigenvalue weighted by Gasteiger charge is 2.35. The Morgan fingerprint density at radius 1 is 0.900 bits per heavy atom. The van der Waals surface area contributed by atoms with Crippen molar-refractivity contribution in [1.82, 2.24) is 5.32 Å². The van der Waals surface area contributed by atoms with Gasteiger partial charge in [-0.05, 0) is 99.6 Å². The number of nitrogens with one attached hydrogen (secondary N) is 1. The Bertz CT molecular complexity index is 1380. The predicted octanol–water partition coefficient (Wildman–Crippen LogP) is 9.76. The van der Waals surface area contributed by atoms with E-state index in [1.54, 1.807) is 0 Å². The summed E-state index contributed by atoms with van der Waals surface area (Å²) in [6, 6.07) is 7.35. The second kappa shape index (κ2) is 25.4. The number of carbonyl (C=O) groups excluding carboxylic acids is 3. The number of carbonyl (C=O) groups is 3. The number of hydrogen-bond acceptors (Lipinski definition) is 6. The Morgan fingerprint density at radius 3 is 2.02 bits per heavy atom. The van der Waals surface area contributed by atoms with E-state index in [-0.39, 0.29) is 29.8 Å². The summed E-state index contributed by atoms with van der Waals surface area (Å²) in [5, 5.41) is 2.49. The molecule has 2 amide bonds.